The third-order valence-corrected chi connectivity index (χ3v) is 5.06. The van der Waals surface area contributed by atoms with Crippen molar-refractivity contribution in [3.05, 3.63) is 90.5 Å². The first kappa shape index (κ1) is 17.5. The van der Waals surface area contributed by atoms with E-state index in [-0.39, 0.29) is 5.22 Å². The van der Waals surface area contributed by atoms with Crippen LogP contribution in [0.4, 0.5) is 0 Å². The third kappa shape index (κ3) is 5.59. The maximum atomic E-state index is 6.18. The quantitative estimate of drug-likeness (QED) is 0.574. The fourth-order valence-electron chi connectivity index (χ4n) is 2.49. The topological polar surface area (TPSA) is 18.5 Å². The zero-order chi connectivity index (χ0) is 17.5. The van der Waals surface area contributed by atoms with Crippen LogP contribution in [0.15, 0.2) is 84.9 Å². The van der Waals surface area contributed by atoms with Crippen molar-refractivity contribution in [2.75, 3.05) is 0 Å². The minimum absolute atomic E-state index is 0.197. The van der Waals surface area contributed by atoms with E-state index in [1.807, 2.05) is 54.6 Å². The molecule has 3 rings (SSSR count). The van der Waals surface area contributed by atoms with Crippen molar-refractivity contribution in [1.82, 2.24) is 0 Å². The normalized spacial score (nSPS) is 11.3. The van der Waals surface area contributed by atoms with Crippen molar-refractivity contribution in [3.63, 3.8) is 0 Å². The molecule has 2 radical (unpaired) electrons. The van der Waals surface area contributed by atoms with Gasteiger partial charge in [0, 0.05) is 0 Å². The van der Waals surface area contributed by atoms with Crippen LogP contribution in [0, 0.1) is 0 Å². The van der Waals surface area contributed by atoms with Crippen LogP contribution in [0.2, 0.25) is 0 Å². The summed E-state index contributed by atoms with van der Waals surface area (Å²) in [6, 6.07) is 28.4. The summed E-state index contributed by atoms with van der Waals surface area (Å²) >= 11 is 0. The Morgan fingerprint density at radius 1 is 0.760 bits per heavy atom. The molecular weight excluding hydrogens is 324 g/mol. The van der Waals surface area contributed by atoms with Gasteiger partial charge in [0.15, 0.2) is 0 Å². The van der Waals surface area contributed by atoms with Crippen LogP contribution >= 0.6 is 0 Å². The molecule has 0 atom stereocenters. The summed E-state index contributed by atoms with van der Waals surface area (Å²) in [5, 5.41) is 1.12. The maximum Gasteiger partial charge on any atom is 0.127 e. The molecule has 3 aromatic rings. The lowest BCUT2D eigenvalue weighted by atomic mass is 10.2. The molecule has 0 aliphatic rings. The van der Waals surface area contributed by atoms with Gasteiger partial charge in [-0.05, 0) is 43.7 Å². The van der Waals surface area contributed by atoms with E-state index in [9.17, 15) is 0 Å². The van der Waals surface area contributed by atoms with E-state index in [2.05, 4.69) is 44.2 Å². The molecule has 126 valence electrons. The van der Waals surface area contributed by atoms with Crippen LogP contribution in [-0.4, -0.2) is 14.7 Å². The largest absolute Gasteiger partial charge is 0.457 e. The van der Waals surface area contributed by atoms with Gasteiger partial charge < -0.3 is 9.47 Å². The van der Waals surface area contributed by atoms with Crippen LogP contribution in [0.25, 0.3) is 0 Å². The fraction of sp³-hybridized carbons (Fsp3) is 0.182. The van der Waals surface area contributed by atoms with E-state index in [1.54, 1.807) is 0 Å². The Labute approximate surface area is 152 Å². The van der Waals surface area contributed by atoms with Gasteiger partial charge in [0.1, 0.15) is 21.0 Å². The zero-order valence-electron chi connectivity index (χ0n) is 14.6. The summed E-state index contributed by atoms with van der Waals surface area (Å²) in [5.74, 6) is 1.67. The zero-order valence-corrected chi connectivity index (χ0v) is 15.6. The van der Waals surface area contributed by atoms with Crippen molar-refractivity contribution in [2.45, 2.75) is 25.7 Å². The highest BCUT2D eigenvalue weighted by molar-refractivity contribution is 6.56. The Morgan fingerprint density at radius 2 is 1.40 bits per heavy atom. The molecule has 0 bridgehead atoms. The van der Waals surface area contributed by atoms with E-state index in [0.717, 1.165) is 17.1 Å². The van der Waals surface area contributed by atoms with E-state index in [4.69, 9.17) is 9.47 Å². The second-order valence-corrected chi connectivity index (χ2v) is 8.38. The van der Waals surface area contributed by atoms with Gasteiger partial charge in [-0.15, -0.1) is 0 Å². The number of hydrogen-bond donors (Lipinski definition) is 0. The van der Waals surface area contributed by atoms with Crippen LogP contribution in [0.1, 0.15) is 19.4 Å². The predicted octanol–water partition coefficient (Wildman–Crippen LogP) is 4.76. The van der Waals surface area contributed by atoms with Gasteiger partial charge in [-0.3, -0.25) is 0 Å². The Bertz CT molecular complexity index is 785. The van der Waals surface area contributed by atoms with Gasteiger partial charge in [-0.1, -0.05) is 65.9 Å². The molecule has 2 nitrogen and oxygen atoms in total. The molecule has 3 aromatic carbocycles. The van der Waals surface area contributed by atoms with Crippen molar-refractivity contribution in [2.24, 2.45) is 0 Å². The molecule has 0 heterocycles. The number of ether oxygens (including phenoxy) is 2. The van der Waals surface area contributed by atoms with Gasteiger partial charge in [0.05, 0.1) is 11.8 Å². The van der Waals surface area contributed by atoms with E-state index in [0.29, 0.717) is 16.1 Å². The van der Waals surface area contributed by atoms with Crippen LogP contribution in [0.3, 0.4) is 0 Å². The van der Waals surface area contributed by atoms with Crippen molar-refractivity contribution >= 4 is 14.7 Å². The molecule has 0 N–H and O–H groups in total. The van der Waals surface area contributed by atoms with Crippen LogP contribution in [0.5, 0.6) is 11.5 Å². The smallest absolute Gasteiger partial charge is 0.127 e. The second-order valence-electron chi connectivity index (χ2n) is 6.35. The number of para-hydroxylation sites is 1. The summed E-state index contributed by atoms with van der Waals surface area (Å²) in [7, 11) is 0.604. The maximum absolute atomic E-state index is 6.18. The van der Waals surface area contributed by atoms with Crippen molar-refractivity contribution in [3.8, 4) is 11.5 Å². The summed E-state index contributed by atoms with van der Waals surface area (Å²) in [5.41, 5.74) is 1.11. The van der Waals surface area contributed by atoms with Crippen molar-refractivity contribution in [1.29, 1.82) is 0 Å². The van der Waals surface area contributed by atoms with Gasteiger partial charge in [-0.25, -0.2) is 0 Å². The lowest BCUT2D eigenvalue weighted by molar-refractivity contribution is 0.0310. The Hall–Kier alpha value is -2.36. The van der Waals surface area contributed by atoms with Gasteiger partial charge in [0.2, 0.25) is 0 Å². The first-order valence-electron chi connectivity index (χ1n) is 8.40. The molecule has 0 aliphatic carbocycles. The van der Waals surface area contributed by atoms with Gasteiger partial charge >= 0.3 is 0 Å². The van der Waals surface area contributed by atoms with E-state index < -0.39 is 0 Å². The molecule has 0 fully saturated rings. The van der Waals surface area contributed by atoms with Crippen LogP contribution < -0.4 is 9.92 Å². The Balaban J connectivity index is 1.60. The number of hydrogen-bond acceptors (Lipinski definition) is 2. The first-order valence-corrected chi connectivity index (χ1v) is 9.40. The summed E-state index contributed by atoms with van der Waals surface area (Å²) < 4.78 is 12.1. The number of rotatable bonds is 7. The molecule has 0 saturated heterocycles. The van der Waals surface area contributed by atoms with Crippen molar-refractivity contribution < 1.29 is 9.47 Å². The van der Waals surface area contributed by atoms with Gasteiger partial charge in [-0.2, -0.15) is 0 Å². The molecule has 0 spiro atoms. The summed E-state index contributed by atoms with van der Waals surface area (Å²) in [6.07, 6.45) is 0. The molecule has 0 unspecified atom stereocenters. The highest BCUT2D eigenvalue weighted by Gasteiger charge is 2.20. The third-order valence-electron chi connectivity index (χ3n) is 3.70. The minimum Gasteiger partial charge on any atom is -0.457 e. The highest BCUT2D eigenvalue weighted by Crippen LogP contribution is 2.22. The first-order chi connectivity index (χ1) is 12.1. The molecule has 0 amide bonds. The second kappa shape index (κ2) is 8.14. The molecular formula is C22H22O2Si. The standard InChI is InChI=1S/C22H22O2Si/c1-22(2,25-21-14-7-4-8-15-21)23-17-18-10-9-13-20(16-18)24-19-11-5-3-6-12-19/h3-16H,17H2,1-2H3. The van der Waals surface area contributed by atoms with E-state index in [1.165, 1.54) is 5.19 Å². The monoisotopic (exact) mass is 346 g/mol. The molecule has 0 saturated carbocycles. The minimum atomic E-state index is -0.197. The van der Waals surface area contributed by atoms with Gasteiger partial charge in [0.25, 0.3) is 0 Å². The van der Waals surface area contributed by atoms with E-state index >= 15 is 0 Å². The molecule has 0 aliphatic heterocycles. The molecule has 3 heteroatoms. The molecule has 0 aromatic heterocycles. The molecule has 25 heavy (non-hydrogen) atoms. The summed E-state index contributed by atoms with van der Waals surface area (Å²) in [6.45, 7) is 4.85. The summed E-state index contributed by atoms with van der Waals surface area (Å²) in [4.78, 5) is 0. The Morgan fingerprint density at radius 3 is 2.12 bits per heavy atom. The predicted molar refractivity (Wildman–Crippen MR) is 104 cm³/mol. The average Bonchev–Trinajstić information content (AvgIpc) is 2.62. The SMILES string of the molecule is CC(C)(OCc1cccc(Oc2ccccc2)c1)[Si]c1ccccc1. The average molecular weight is 347 g/mol. The Kier molecular flexibility index (Phi) is 5.69. The fourth-order valence-corrected chi connectivity index (χ4v) is 3.69. The lowest BCUT2D eigenvalue weighted by Gasteiger charge is -2.25. The van der Waals surface area contributed by atoms with Crippen LogP contribution in [-0.2, 0) is 11.3 Å². The highest BCUT2D eigenvalue weighted by atomic mass is 28.2. The lowest BCUT2D eigenvalue weighted by Crippen LogP contribution is -2.39. The number of benzene rings is 3.